The van der Waals surface area contributed by atoms with Crippen LogP contribution in [0.25, 0.3) is 0 Å². The van der Waals surface area contributed by atoms with E-state index in [4.69, 9.17) is 0 Å². The van der Waals surface area contributed by atoms with Gasteiger partial charge in [-0.25, -0.2) is 0 Å². The lowest BCUT2D eigenvalue weighted by Gasteiger charge is -2.27. The summed E-state index contributed by atoms with van der Waals surface area (Å²) < 4.78 is 14.4. The lowest BCUT2D eigenvalue weighted by Crippen LogP contribution is -2.16. The molecule has 0 spiro atoms. The third-order valence-corrected chi connectivity index (χ3v) is 3.25. The van der Waals surface area contributed by atoms with E-state index < -0.39 is 7.82 Å². The fourth-order valence-corrected chi connectivity index (χ4v) is 1.87. The van der Waals surface area contributed by atoms with Crippen LogP contribution in [0.2, 0.25) is 0 Å². The molecule has 0 aromatic rings. The van der Waals surface area contributed by atoms with Crippen LogP contribution in [0, 0.1) is 0 Å². The molecule has 0 heterocycles. The predicted molar refractivity (Wildman–Crippen MR) is 79.0 cm³/mol. The van der Waals surface area contributed by atoms with Crippen molar-refractivity contribution in [3.8, 4) is 0 Å². The van der Waals surface area contributed by atoms with E-state index in [1.54, 1.807) is 6.08 Å². The number of hydrogen-bond donors (Lipinski definition) is 0. The summed E-state index contributed by atoms with van der Waals surface area (Å²) in [5, 5.41) is 0. The Balaban J connectivity index is 3.94. The predicted octanol–water partition coefficient (Wildman–Crippen LogP) is 3.25. The van der Waals surface area contributed by atoms with Crippen molar-refractivity contribution in [1.29, 1.82) is 0 Å². The summed E-state index contributed by atoms with van der Waals surface area (Å²) in [5.74, 6) is 0. The molecule has 0 aromatic heterocycles. The van der Waals surface area contributed by atoms with E-state index in [2.05, 4.69) is 37.4 Å². The Labute approximate surface area is 122 Å². The van der Waals surface area contributed by atoms with Gasteiger partial charge in [0.2, 0.25) is 0 Å². The lowest BCUT2D eigenvalue weighted by atomic mass is 10.1. The minimum absolute atomic E-state index is 0.167. The highest BCUT2D eigenvalue weighted by Gasteiger charge is 1.93. The van der Waals surface area contributed by atoms with Gasteiger partial charge >= 0.3 is 0 Å². The van der Waals surface area contributed by atoms with Crippen LogP contribution in [0.3, 0.4) is 0 Å². The molecule has 0 unspecified atom stereocenters. The summed E-state index contributed by atoms with van der Waals surface area (Å²) in [7, 11) is -4.85. The Morgan fingerprint density at radius 3 is 1.95 bits per heavy atom. The van der Waals surface area contributed by atoms with Crippen LogP contribution in [-0.4, -0.2) is 6.61 Å². The lowest BCUT2D eigenvalue weighted by molar-refractivity contribution is -0.340. The van der Waals surface area contributed by atoms with E-state index in [0.29, 0.717) is 0 Å². The van der Waals surface area contributed by atoms with Gasteiger partial charge < -0.3 is 18.9 Å². The number of allylic oxidation sites excluding steroid dienone is 5. The molecule has 0 aliphatic carbocycles. The summed E-state index contributed by atoms with van der Waals surface area (Å²) in [6.45, 7) is 8.04. The van der Waals surface area contributed by atoms with E-state index in [9.17, 15) is 14.4 Å². The molecule has 0 N–H and O–H groups in total. The topological polar surface area (TPSA) is 72.4 Å². The molecule has 4 nitrogen and oxygen atoms in total. The first-order valence-electron chi connectivity index (χ1n) is 6.82. The maximum atomic E-state index is 10.3. The van der Waals surface area contributed by atoms with Crippen molar-refractivity contribution >= 4 is 7.82 Å². The minimum atomic E-state index is -4.85. The molecule has 116 valence electrons. The van der Waals surface area contributed by atoms with Crippen LogP contribution in [0.4, 0.5) is 0 Å². The van der Waals surface area contributed by atoms with Gasteiger partial charge in [-0.15, -0.1) is 0 Å². The van der Waals surface area contributed by atoms with Gasteiger partial charge in [0.25, 0.3) is 0 Å². The SMILES string of the molecule is CC(C)=CCC/C(C)=C\CC/C(C)=C/COP(=O)([O-])[O-]. The van der Waals surface area contributed by atoms with E-state index in [1.165, 1.54) is 11.1 Å². The number of phosphoric acid groups is 1. The quantitative estimate of drug-likeness (QED) is 0.484. The van der Waals surface area contributed by atoms with Gasteiger partial charge in [0.1, 0.15) is 0 Å². The summed E-state index contributed by atoms with van der Waals surface area (Å²) in [4.78, 5) is 20.5. The Morgan fingerprint density at radius 2 is 1.45 bits per heavy atom. The molecule has 0 rings (SSSR count). The van der Waals surface area contributed by atoms with Crippen LogP contribution in [0.1, 0.15) is 53.4 Å². The molecule has 0 amide bonds. The molecule has 0 bridgehead atoms. The van der Waals surface area contributed by atoms with Gasteiger partial charge in [0, 0.05) is 0 Å². The second kappa shape index (κ2) is 10.1. The molecule has 0 aliphatic rings. The largest absolute Gasteiger partial charge is 0.790 e. The monoisotopic (exact) mass is 300 g/mol. The molecule has 0 saturated carbocycles. The average molecular weight is 300 g/mol. The second-order valence-corrected chi connectivity index (χ2v) is 6.36. The van der Waals surface area contributed by atoms with Crippen LogP contribution in [0.5, 0.6) is 0 Å². The minimum Gasteiger partial charge on any atom is -0.790 e. The zero-order valence-electron chi connectivity index (χ0n) is 12.8. The maximum absolute atomic E-state index is 10.3. The fourth-order valence-electron chi connectivity index (χ4n) is 1.61. The van der Waals surface area contributed by atoms with E-state index in [0.717, 1.165) is 31.3 Å². The molecule has 0 saturated heterocycles. The van der Waals surface area contributed by atoms with Gasteiger partial charge in [0.15, 0.2) is 0 Å². The van der Waals surface area contributed by atoms with Crippen LogP contribution >= 0.6 is 7.82 Å². The van der Waals surface area contributed by atoms with Crippen molar-refractivity contribution < 1.29 is 18.9 Å². The molecule has 0 aromatic carbocycles. The Bertz CT molecular complexity index is 412. The van der Waals surface area contributed by atoms with E-state index >= 15 is 0 Å². The normalized spacial score (nSPS) is 13.5. The van der Waals surface area contributed by atoms with Crippen molar-refractivity contribution in [3.05, 3.63) is 34.9 Å². The third-order valence-electron chi connectivity index (χ3n) is 2.79. The second-order valence-electron chi connectivity index (χ2n) is 5.20. The van der Waals surface area contributed by atoms with Crippen molar-refractivity contribution in [1.82, 2.24) is 0 Å². The maximum Gasteiger partial charge on any atom is 0.0702 e. The molecule has 0 radical (unpaired) electrons. The van der Waals surface area contributed by atoms with Crippen LogP contribution in [0.15, 0.2) is 34.9 Å². The molecule has 0 fully saturated rings. The van der Waals surface area contributed by atoms with Gasteiger partial charge in [-0.05, 0) is 53.4 Å². The van der Waals surface area contributed by atoms with E-state index in [-0.39, 0.29) is 6.61 Å². The van der Waals surface area contributed by atoms with Crippen LogP contribution in [-0.2, 0) is 9.09 Å². The van der Waals surface area contributed by atoms with Gasteiger partial charge in [-0.1, -0.05) is 34.9 Å². The van der Waals surface area contributed by atoms with Crippen molar-refractivity contribution in [2.24, 2.45) is 0 Å². The first-order chi connectivity index (χ1) is 9.20. The Kier molecular flexibility index (Phi) is 9.78. The summed E-state index contributed by atoms with van der Waals surface area (Å²) >= 11 is 0. The zero-order valence-corrected chi connectivity index (χ0v) is 13.7. The highest BCUT2D eigenvalue weighted by atomic mass is 31.2. The number of phosphoric ester groups is 1. The van der Waals surface area contributed by atoms with Crippen molar-refractivity contribution in [2.45, 2.75) is 53.4 Å². The molecule has 20 heavy (non-hydrogen) atoms. The average Bonchev–Trinajstić information content (AvgIpc) is 2.26. The van der Waals surface area contributed by atoms with Gasteiger partial charge in [0.05, 0.1) is 14.4 Å². The van der Waals surface area contributed by atoms with Crippen molar-refractivity contribution in [3.63, 3.8) is 0 Å². The first kappa shape index (κ1) is 19.3. The summed E-state index contributed by atoms with van der Waals surface area (Å²) in [5.41, 5.74) is 3.72. The smallest absolute Gasteiger partial charge is 0.0702 e. The fraction of sp³-hybridized carbons (Fsp3) is 0.600. The van der Waals surface area contributed by atoms with Crippen molar-refractivity contribution in [2.75, 3.05) is 6.61 Å². The Morgan fingerprint density at radius 1 is 0.950 bits per heavy atom. The van der Waals surface area contributed by atoms with Gasteiger partial charge in [-0.3, -0.25) is 0 Å². The highest BCUT2D eigenvalue weighted by molar-refractivity contribution is 7.43. The molecular formula is C15H25O4P-2. The molecule has 0 aliphatic heterocycles. The molecule has 5 heteroatoms. The van der Waals surface area contributed by atoms with Crippen LogP contribution < -0.4 is 9.79 Å². The summed E-state index contributed by atoms with van der Waals surface area (Å²) in [6, 6.07) is 0. The molecular weight excluding hydrogens is 275 g/mol. The highest BCUT2D eigenvalue weighted by Crippen LogP contribution is 2.24. The number of rotatable bonds is 9. The standard InChI is InChI=1S/C15H27O4P/c1-13(2)7-5-8-14(3)9-6-10-15(4)11-12-19-20(16,17)18/h7,9,11H,5-6,8,10,12H2,1-4H3,(H2,16,17,18)/p-2/b14-9-,15-11+. The zero-order chi connectivity index (χ0) is 15.6. The molecule has 0 atom stereocenters. The van der Waals surface area contributed by atoms with Gasteiger partial charge in [-0.2, -0.15) is 0 Å². The first-order valence-corrected chi connectivity index (χ1v) is 8.28. The number of hydrogen-bond acceptors (Lipinski definition) is 4. The van der Waals surface area contributed by atoms with E-state index in [1.807, 2.05) is 6.92 Å². The Hall–Kier alpha value is -0.670. The summed E-state index contributed by atoms with van der Waals surface area (Å²) in [6.07, 6.45) is 9.94. The third kappa shape index (κ3) is 13.8.